The van der Waals surface area contributed by atoms with Crippen LogP contribution in [0.25, 0.3) is 10.9 Å². The van der Waals surface area contributed by atoms with Crippen LogP contribution in [0.2, 0.25) is 5.02 Å². The second kappa shape index (κ2) is 9.73. The van der Waals surface area contributed by atoms with Crippen LogP contribution in [-0.4, -0.2) is 45.8 Å². The van der Waals surface area contributed by atoms with Crippen LogP contribution in [0.5, 0.6) is 5.75 Å². The molecule has 9 heteroatoms. The van der Waals surface area contributed by atoms with Crippen molar-refractivity contribution in [1.82, 2.24) is 14.8 Å². The van der Waals surface area contributed by atoms with Gasteiger partial charge in [0, 0.05) is 41.4 Å². The molecule has 2 amide bonds. The fraction of sp³-hybridized carbons (Fsp3) is 0.414. The molecule has 2 aliphatic carbocycles. The van der Waals surface area contributed by atoms with Crippen molar-refractivity contribution < 1.29 is 23.5 Å². The summed E-state index contributed by atoms with van der Waals surface area (Å²) < 4.78 is 22.0. The standard InChI is InChI=1S/C29H29ClFN3O4/c1-16(35)22-13-33(25-11-20(7-8-21(22)25)38-15-17-5-6-17)14-27(36)34-24-9-19(24)10-26(34)29(37)32-12-18-3-2-4-23(30)28(18)31/h2-4,7-8,11,13,17,19,24,26H,5-6,9-10,12,14-15H2,1H3,(H,32,37). The van der Waals surface area contributed by atoms with E-state index in [4.69, 9.17) is 16.3 Å². The molecule has 198 valence electrons. The van der Waals surface area contributed by atoms with Crippen molar-refractivity contribution in [2.75, 3.05) is 6.61 Å². The molecule has 3 aromatic rings. The first-order valence-corrected chi connectivity index (χ1v) is 13.5. The van der Waals surface area contributed by atoms with E-state index in [2.05, 4.69) is 5.32 Å². The minimum absolute atomic E-state index is 0.000593. The number of likely N-dealkylation sites (tertiary alicyclic amines) is 1. The Morgan fingerprint density at radius 3 is 2.74 bits per heavy atom. The van der Waals surface area contributed by atoms with E-state index in [9.17, 15) is 18.8 Å². The Kier molecular flexibility index (Phi) is 6.38. The molecule has 1 N–H and O–H groups in total. The Bertz CT molecular complexity index is 1450. The van der Waals surface area contributed by atoms with E-state index in [0.717, 1.165) is 17.3 Å². The molecule has 1 aliphatic heterocycles. The lowest BCUT2D eigenvalue weighted by atomic mass is 10.1. The van der Waals surface area contributed by atoms with E-state index < -0.39 is 11.9 Å². The highest BCUT2D eigenvalue weighted by molar-refractivity contribution is 6.30. The lowest BCUT2D eigenvalue weighted by Gasteiger charge is -2.27. The molecule has 38 heavy (non-hydrogen) atoms. The van der Waals surface area contributed by atoms with E-state index >= 15 is 0 Å². The Morgan fingerprint density at radius 2 is 1.97 bits per heavy atom. The summed E-state index contributed by atoms with van der Waals surface area (Å²) in [5.41, 5.74) is 1.59. The SMILES string of the molecule is CC(=O)c1cn(CC(=O)N2C(C(=O)NCc3cccc(Cl)c3F)CC3CC32)c2cc(OCC3CC3)ccc12. The molecule has 2 heterocycles. The Morgan fingerprint density at radius 1 is 1.16 bits per heavy atom. The molecular weight excluding hydrogens is 509 g/mol. The lowest BCUT2D eigenvalue weighted by Crippen LogP contribution is -2.48. The summed E-state index contributed by atoms with van der Waals surface area (Å²) in [6.07, 6.45) is 5.55. The molecule has 3 atom stereocenters. The molecule has 3 fully saturated rings. The number of halogens is 2. The molecular formula is C29H29ClFN3O4. The van der Waals surface area contributed by atoms with E-state index in [1.54, 1.807) is 27.8 Å². The van der Waals surface area contributed by atoms with Gasteiger partial charge in [-0.2, -0.15) is 0 Å². The van der Waals surface area contributed by atoms with Crippen molar-refractivity contribution in [3.05, 3.63) is 64.6 Å². The minimum Gasteiger partial charge on any atom is -0.493 e. The molecule has 1 aromatic heterocycles. The number of hydrogen-bond acceptors (Lipinski definition) is 4. The number of piperidine rings is 1. The zero-order valence-corrected chi connectivity index (χ0v) is 21.8. The molecule has 3 unspecified atom stereocenters. The number of Topliss-reactive ketones (excluding diaryl/α,β-unsaturated/α-hetero) is 1. The van der Waals surface area contributed by atoms with Crippen molar-refractivity contribution in [2.45, 2.75) is 57.8 Å². The Labute approximate surface area is 224 Å². The highest BCUT2D eigenvalue weighted by Gasteiger charge is 2.55. The number of nitrogens with zero attached hydrogens (tertiary/aromatic N) is 2. The summed E-state index contributed by atoms with van der Waals surface area (Å²) in [5, 5.41) is 3.56. The number of rotatable bonds is 9. The number of hydrogen-bond donors (Lipinski definition) is 1. The number of ether oxygens (including phenoxy) is 1. The zero-order valence-electron chi connectivity index (χ0n) is 21.1. The summed E-state index contributed by atoms with van der Waals surface area (Å²) in [7, 11) is 0. The fourth-order valence-electron chi connectivity index (χ4n) is 5.53. The van der Waals surface area contributed by atoms with Crippen LogP contribution in [0.3, 0.4) is 0 Å². The van der Waals surface area contributed by atoms with E-state index in [1.165, 1.54) is 25.8 Å². The predicted octanol–water partition coefficient (Wildman–Crippen LogP) is 4.73. The van der Waals surface area contributed by atoms with Crippen LogP contribution in [0, 0.1) is 17.7 Å². The van der Waals surface area contributed by atoms with Gasteiger partial charge in [0.05, 0.1) is 17.1 Å². The molecule has 7 nitrogen and oxygen atoms in total. The van der Waals surface area contributed by atoms with Crippen molar-refractivity contribution >= 4 is 40.1 Å². The number of aromatic nitrogens is 1. The second-order valence-electron chi connectivity index (χ2n) is 10.7. The van der Waals surface area contributed by atoms with Gasteiger partial charge in [-0.15, -0.1) is 0 Å². The Balaban J connectivity index is 1.20. The van der Waals surface area contributed by atoms with Gasteiger partial charge in [0.15, 0.2) is 5.78 Å². The van der Waals surface area contributed by atoms with Crippen LogP contribution in [0.1, 0.15) is 48.5 Å². The first-order valence-electron chi connectivity index (χ1n) is 13.1. The molecule has 3 aliphatic rings. The van der Waals surface area contributed by atoms with Gasteiger partial charge >= 0.3 is 0 Å². The average molecular weight is 538 g/mol. The number of ketones is 1. The number of amides is 2. The molecule has 0 radical (unpaired) electrons. The van der Waals surface area contributed by atoms with Gasteiger partial charge in [-0.1, -0.05) is 23.7 Å². The zero-order chi connectivity index (χ0) is 26.6. The minimum atomic E-state index is -0.611. The van der Waals surface area contributed by atoms with Crippen molar-refractivity contribution in [3.8, 4) is 5.75 Å². The second-order valence-corrected chi connectivity index (χ2v) is 11.1. The Hall–Kier alpha value is -3.39. The topological polar surface area (TPSA) is 80.6 Å². The van der Waals surface area contributed by atoms with Crippen molar-refractivity contribution in [3.63, 3.8) is 0 Å². The molecule has 2 saturated carbocycles. The third-order valence-corrected chi connectivity index (χ3v) is 8.19. The van der Waals surface area contributed by atoms with Crippen molar-refractivity contribution in [1.29, 1.82) is 0 Å². The van der Waals surface area contributed by atoms with Crippen LogP contribution in [0.15, 0.2) is 42.6 Å². The van der Waals surface area contributed by atoms with Crippen LogP contribution < -0.4 is 10.1 Å². The smallest absolute Gasteiger partial charge is 0.243 e. The van der Waals surface area contributed by atoms with Gasteiger partial charge < -0.3 is 19.5 Å². The predicted molar refractivity (Wildman–Crippen MR) is 141 cm³/mol. The monoisotopic (exact) mass is 537 g/mol. The summed E-state index contributed by atoms with van der Waals surface area (Å²) in [4.78, 5) is 40.7. The highest BCUT2D eigenvalue weighted by atomic mass is 35.5. The summed E-state index contributed by atoms with van der Waals surface area (Å²) in [6.45, 7) is 2.17. The average Bonchev–Trinajstić information content (AvgIpc) is 3.81. The lowest BCUT2D eigenvalue weighted by molar-refractivity contribution is -0.140. The number of carbonyl (C=O) groups is 3. The van der Waals surface area contributed by atoms with Crippen molar-refractivity contribution in [2.24, 2.45) is 11.8 Å². The number of carbonyl (C=O) groups excluding carboxylic acids is 3. The summed E-state index contributed by atoms with van der Waals surface area (Å²) in [6, 6.07) is 9.69. The van der Waals surface area contributed by atoms with Crippen LogP contribution in [-0.2, 0) is 22.7 Å². The molecule has 2 aromatic carbocycles. The fourth-order valence-corrected chi connectivity index (χ4v) is 5.73. The number of fused-ring (bicyclic) bond motifs is 2. The molecule has 1 saturated heterocycles. The van der Waals surface area contributed by atoms with Gasteiger partial charge in [-0.05, 0) is 62.6 Å². The number of benzene rings is 2. The first-order chi connectivity index (χ1) is 18.3. The first kappa shape index (κ1) is 24.9. The van der Waals surface area contributed by atoms with Crippen LogP contribution in [0.4, 0.5) is 4.39 Å². The maximum Gasteiger partial charge on any atom is 0.243 e. The van der Waals surface area contributed by atoms with Gasteiger partial charge in [0.25, 0.3) is 0 Å². The number of nitrogens with one attached hydrogen (secondary N) is 1. The molecule has 0 bridgehead atoms. The van der Waals surface area contributed by atoms with Gasteiger partial charge in [0.2, 0.25) is 11.8 Å². The van der Waals surface area contributed by atoms with Gasteiger partial charge in [-0.3, -0.25) is 14.4 Å². The third kappa shape index (κ3) is 4.77. The third-order valence-electron chi connectivity index (χ3n) is 7.90. The maximum absolute atomic E-state index is 14.3. The largest absolute Gasteiger partial charge is 0.493 e. The van der Waals surface area contributed by atoms with Gasteiger partial charge in [0.1, 0.15) is 24.2 Å². The quantitative estimate of drug-likeness (QED) is 0.400. The van der Waals surface area contributed by atoms with E-state index in [1.807, 2.05) is 18.2 Å². The van der Waals surface area contributed by atoms with E-state index in [0.29, 0.717) is 41.7 Å². The summed E-state index contributed by atoms with van der Waals surface area (Å²) >= 11 is 5.86. The van der Waals surface area contributed by atoms with E-state index in [-0.39, 0.29) is 41.8 Å². The highest BCUT2D eigenvalue weighted by Crippen LogP contribution is 2.48. The normalized spacial score (nSPS) is 21.9. The van der Waals surface area contributed by atoms with Gasteiger partial charge in [-0.25, -0.2) is 4.39 Å². The van der Waals surface area contributed by atoms with Crippen LogP contribution >= 0.6 is 11.6 Å². The molecule has 0 spiro atoms. The molecule has 6 rings (SSSR count). The maximum atomic E-state index is 14.3. The summed E-state index contributed by atoms with van der Waals surface area (Å²) in [5.74, 6) is 0.490.